The highest BCUT2D eigenvalue weighted by Crippen LogP contribution is 2.43. The molecule has 0 radical (unpaired) electrons. The van der Waals surface area contributed by atoms with Crippen LogP contribution in [0.4, 0.5) is 13.2 Å². The minimum atomic E-state index is -4.15. The van der Waals surface area contributed by atoms with Crippen LogP contribution in [0.2, 0.25) is 0 Å². The van der Waals surface area contributed by atoms with Crippen molar-refractivity contribution in [1.29, 1.82) is 0 Å². The Bertz CT molecular complexity index is 817. The zero-order valence-electron chi connectivity index (χ0n) is 13.8. The molecule has 1 aromatic carbocycles. The van der Waals surface area contributed by atoms with Gasteiger partial charge in [0.15, 0.2) is 0 Å². The molecule has 2 atom stereocenters. The quantitative estimate of drug-likeness (QED) is 0.583. The Labute approximate surface area is 145 Å². The van der Waals surface area contributed by atoms with E-state index in [-0.39, 0.29) is 6.42 Å². The van der Waals surface area contributed by atoms with Crippen LogP contribution in [-0.4, -0.2) is 6.18 Å². The van der Waals surface area contributed by atoms with E-state index in [0.717, 1.165) is 24.0 Å². The van der Waals surface area contributed by atoms with Crippen molar-refractivity contribution in [2.24, 2.45) is 11.8 Å². The van der Waals surface area contributed by atoms with Crippen LogP contribution >= 0.6 is 0 Å². The van der Waals surface area contributed by atoms with Gasteiger partial charge in [0.05, 0.1) is 5.92 Å². The molecule has 0 fully saturated rings. The molecule has 2 unspecified atom stereocenters. The molecule has 0 nitrogen and oxygen atoms in total. The Morgan fingerprint density at radius 2 is 1.76 bits per heavy atom. The van der Waals surface area contributed by atoms with Gasteiger partial charge < -0.3 is 0 Å². The van der Waals surface area contributed by atoms with Gasteiger partial charge in [0.1, 0.15) is 0 Å². The monoisotopic (exact) mass is 340 g/mol. The maximum Gasteiger partial charge on any atom is 0.395 e. The van der Waals surface area contributed by atoms with Gasteiger partial charge >= 0.3 is 6.18 Å². The second-order valence-corrected chi connectivity index (χ2v) is 6.88. The smallest absolute Gasteiger partial charge is 0.170 e. The van der Waals surface area contributed by atoms with Crippen LogP contribution in [0.5, 0.6) is 0 Å². The first-order valence-electron chi connectivity index (χ1n) is 8.62. The fourth-order valence-electron chi connectivity index (χ4n) is 3.81. The van der Waals surface area contributed by atoms with E-state index in [0.29, 0.717) is 5.92 Å². The van der Waals surface area contributed by atoms with Crippen molar-refractivity contribution in [2.75, 3.05) is 0 Å². The van der Waals surface area contributed by atoms with Crippen molar-refractivity contribution in [1.82, 2.24) is 0 Å². The second-order valence-electron chi connectivity index (χ2n) is 6.88. The standard InChI is InChI=1S/C22H19F3/c23-22(24,25)21-10-8-16(9-11-21)17-6-7-18-13-19(14-20(18)12-17)15-4-2-1-3-5-15/h1-10,14,20-21H,11-13H2. The largest absolute Gasteiger partial charge is 0.395 e. The average molecular weight is 340 g/mol. The normalized spacial score (nSPS) is 25.7. The summed E-state index contributed by atoms with van der Waals surface area (Å²) in [5.74, 6) is -0.979. The fraction of sp³-hybridized carbons (Fsp3) is 0.273. The lowest BCUT2D eigenvalue weighted by molar-refractivity contribution is -0.160. The number of halogens is 3. The molecule has 0 heterocycles. The molecule has 0 bridgehead atoms. The number of benzene rings is 1. The summed E-state index contributed by atoms with van der Waals surface area (Å²) in [7, 11) is 0. The highest BCUT2D eigenvalue weighted by atomic mass is 19.4. The Balaban J connectivity index is 1.49. The van der Waals surface area contributed by atoms with Gasteiger partial charge in [-0.1, -0.05) is 72.4 Å². The number of alkyl halides is 3. The molecule has 3 aliphatic carbocycles. The Morgan fingerprint density at radius 3 is 2.44 bits per heavy atom. The number of fused-ring (bicyclic) bond motifs is 1. The summed E-state index contributed by atoms with van der Waals surface area (Å²) >= 11 is 0. The van der Waals surface area contributed by atoms with Crippen molar-refractivity contribution >= 4 is 5.57 Å². The Kier molecular flexibility index (Phi) is 4.03. The van der Waals surface area contributed by atoms with Crippen LogP contribution in [-0.2, 0) is 0 Å². The zero-order chi connectivity index (χ0) is 17.4. The third-order valence-corrected chi connectivity index (χ3v) is 5.25. The molecule has 3 heteroatoms. The predicted molar refractivity (Wildman–Crippen MR) is 94.7 cm³/mol. The molecule has 0 aromatic heterocycles. The van der Waals surface area contributed by atoms with Crippen molar-refractivity contribution in [2.45, 2.75) is 25.4 Å². The molecule has 128 valence electrons. The van der Waals surface area contributed by atoms with E-state index in [9.17, 15) is 13.2 Å². The first-order valence-corrected chi connectivity index (χ1v) is 8.62. The highest BCUT2D eigenvalue weighted by molar-refractivity contribution is 5.72. The molecule has 0 saturated heterocycles. The predicted octanol–water partition coefficient (Wildman–Crippen LogP) is 6.41. The van der Waals surface area contributed by atoms with E-state index < -0.39 is 12.1 Å². The molecular weight excluding hydrogens is 321 g/mol. The minimum absolute atomic E-state index is 0.0407. The molecule has 4 rings (SSSR count). The van der Waals surface area contributed by atoms with E-state index in [1.54, 1.807) is 12.2 Å². The van der Waals surface area contributed by atoms with Gasteiger partial charge in [0, 0.05) is 5.92 Å². The van der Waals surface area contributed by atoms with Crippen LogP contribution < -0.4 is 0 Å². The SMILES string of the molecule is FC(F)(F)C1C=CC(C2=CC=C3CC(c4ccccc4)=CC3C2)=CC1. The summed E-state index contributed by atoms with van der Waals surface area (Å²) in [6.45, 7) is 0. The second kappa shape index (κ2) is 6.21. The van der Waals surface area contributed by atoms with Crippen LogP contribution in [0.15, 0.2) is 83.5 Å². The van der Waals surface area contributed by atoms with Crippen LogP contribution in [0.25, 0.3) is 5.57 Å². The van der Waals surface area contributed by atoms with E-state index >= 15 is 0 Å². The molecule has 1 aromatic rings. The lowest BCUT2D eigenvalue weighted by Crippen LogP contribution is -2.21. The Morgan fingerprint density at radius 1 is 0.960 bits per heavy atom. The lowest BCUT2D eigenvalue weighted by atomic mass is 9.83. The molecular formula is C22H19F3. The van der Waals surface area contributed by atoms with Gasteiger partial charge in [-0.2, -0.15) is 13.2 Å². The number of hydrogen-bond acceptors (Lipinski definition) is 0. The number of hydrogen-bond donors (Lipinski definition) is 0. The topological polar surface area (TPSA) is 0 Å². The van der Waals surface area contributed by atoms with E-state index in [1.807, 2.05) is 18.2 Å². The third kappa shape index (κ3) is 3.28. The van der Waals surface area contributed by atoms with Crippen molar-refractivity contribution < 1.29 is 13.2 Å². The molecule has 0 N–H and O–H groups in total. The maximum atomic E-state index is 12.8. The fourth-order valence-corrected chi connectivity index (χ4v) is 3.81. The molecule has 25 heavy (non-hydrogen) atoms. The van der Waals surface area contributed by atoms with Crippen molar-refractivity contribution in [3.05, 3.63) is 89.1 Å². The molecule has 0 amide bonds. The Hall–Kier alpha value is -2.29. The summed E-state index contributed by atoms with van der Waals surface area (Å²) in [5, 5.41) is 0. The van der Waals surface area contributed by atoms with Gasteiger partial charge in [0.2, 0.25) is 0 Å². The number of allylic oxidation sites excluding steroid dienone is 10. The molecule has 3 aliphatic rings. The van der Waals surface area contributed by atoms with Crippen LogP contribution in [0.3, 0.4) is 0 Å². The maximum absolute atomic E-state index is 12.8. The van der Waals surface area contributed by atoms with E-state index in [4.69, 9.17) is 0 Å². The average Bonchev–Trinajstić information content (AvgIpc) is 3.05. The van der Waals surface area contributed by atoms with Crippen molar-refractivity contribution in [3.63, 3.8) is 0 Å². The van der Waals surface area contributed by atoms with Crippen LogP contribution in [0, 0.1) is 11.8 Å². The molecule has 0 saturated carbocycles. The van der Waals surface area contributed by atoms with Gasteiger partial charge in [0.25, 0.3) is 0 Å². The summed E-state index contributed by atoms with van der Waals surface area (Å²) in [4.78, 5) is 0. The summed E-state index contributed by atoms with van der Waals surface area (Å²) < 4.78 is 38.3. The summed E-state index contributed by atoms with van der Waals surface area (Å²) in [6, 6.07) is 10.4. The highest BCUT2D eigenvalue weighted by Gasteiger charge is 2.38. The zero-order valence-corrected chi connectivity index (χ0v) is 13.8. The molecule has 0 spiro atoms. The summed E-state index contributed by atoms with van der Waals surface area (Å²) in [6.07, 6.45) is 8.96. The number of rotatable bonds is 2. The van der Waals surface area contributed by atoms with E-state index in [2.05, 4.69) is 30.4 Å². The minimum Gasteiger partial charge on any atom is -0.170 e. The van der Waals surface area contributed by atoms with Crippen LogP contribution in [0.1, 0.15) is 24.8 Å². The van der Waals surface area contributed by atoms with Gasteiger partial charge in [-0.3, -0.25) is 0 Å². The first-order chi connectivity index (χ1) is 12.0. The van der Waals surface area contributed by atoms with Gasteiger partial charge in [-0.25, -0.2) is 0 Å². The van der Waals surface area contributed by atoms with Crippen molar-refractivity contribution in [3.8, 4) is 0 Å². The lowest BCUT2D eigenvalue weighted by Gasteiger charge is -2.23. The van der Waals surface area contributed by atoms with E-state index in [1.165, 1.54) is 22.8 Å². The molecule has 0 aliphatic heterocycles. The third-order valence-electron chi connectivity index (χ3n) is 5.25. The summed E-state index contributed by atoms with van der Waals surface area (Å²) in [5.41, 5.74) is 6.07. The first kappa shape index (κ1) is 16.2. The van der Waals surface area contributed by atoms with Gasteiger partial charge in [-0.15, -0.1) is 0 Å². The van der Waals surface area contributed by atoms with Gasteiger partial charge in [-0.05, 0) is 41.5 Å².